The average molecular weight is 541 g/mol. The van der Waals surface area contributed by atoms with Crippen LogP contribution in [0.15, 0.2) is 53.7 Å². The predicted molar refractivity (Wildman–Crippen MR) is 144 cm³/mol. The number of likely N-dealkylation sites (N-methyl/N-ethyl adjacent to an activating group) is 1. The van der Waals surface area contributed by atoms with Crippen LogP contribution in [0.4, 0.5) is 14.9 Å². The molecule has 0 saturated carbocycles. The van der Waals surface area contributed by atoms with Gasteiger partial charge in [0.25, 0.3) is 0 Å². The summed E-state index contributed by atoms with van der Waals surface area (Å²) < 4.78 is 31.4. The molecule has 1 atom stereocenters. The van der Waals surface area contributed by atoms with Crippen LogP contribution in [-0.4, -0.2) is 91.2 Å². The number of halogens is 1. The molecule has 3 heterocycles. The lowest BCUT2D eigenvalue weighted by Crippen LogP contribution is -2.52. The third-order valence-corrected chi connectivity index (χ3v) is 6.79. The molecule has 0 bridgehead atoms. The molecule has 1 fully saturated rings. The van der Waals surface area contributed by atoms with E-state index in [0.717, 1.165) is 44.7 Å². The topological polar surface area (TPSA) is 111 Å². The van der Waals surface area contributed by atoms with Gasteiger partial charge in [0.15, 0.2) is 23.1 Å². The Labute approximate surface area is 226 Å². The number of guanidine groups is 1. The first-order chi connectivity index (χ1) is 18.9. The number of rotatable bonds is 9. The average Bonchev–Trinajstić information content (AvgIpc) is 3.38. The SMILES string of the molecule is CN1CCN(CCCOc2ccc(NC3=NC=CC(NC(=O)O)N3Cc3ccc4c(c3)OCO4)cc2F)CC1. The summed E-state index contributed by atoms with van der Waals surface area (Å²) in [5, 5.41) is 14.9. The molecule has 3 aliphatic heterocycles. The van der Waals surface area contributed by atoms with Gasteiger partial charge >= 0.3 is 6.09 Å². The summed E-state index contributed by atoms with van der Waals surface area (Å²) in [4.78, 5) is 22.3. The van der Waals surface area contributed by atoms with Crippen molar-refractivity contribution < 1.29 is 28.5 Å². The quantitative estimate of drug-likeness (QED) is 0.414. The van der Waals surface area contributed by atoms with Crippen LogP contribution < -0.4 is 24.8 Å². The Kier molecular flexibility index (Phi) is 8.33. The molecule has 0 spiro atoms. The normalized spacial score (nSPS) is 19.1. The summed E-state index contributed by atoms with van der Waals surface area (Å²) in [6.45, 7) is 6.02. The highest BCUT2D eigenvalue weighted by molar-refractivity contribution is 5.95. The number of amides is 1. The molecule has 2 aromatic carbocycles. The molecule has 1 amide bonds. The Hall–Kier alpha value is -4.03. The van der Waals surface area contributed by atoms with Crippen LogP contribution in [-0.2, 0) is 6.54 Å². The lowest BCUT2D eigenvalue weighted by molar-refractivity contribution is 0.145. The second-order valence-electron chi connectivity index (χ2n) is 9.62. The Morgan fingerprint density at radius 1 is 1.15 bits per heavy atom. The van der Waals surface area contributed by atoms with Crippen molar-refractivity contribution in [1.82, 2.24) is 20.0 Å². The van der Waals surface area contributed by atoms with Crippen LogP contribution in [0.3, 0.4) is 0 Å². The second-order valence-corrected chi connectivity index (χ2v) is 9.62. The van der Waals surface area contributed by atoms with Gasteiger partial charge in [-0.05, 0) is 49.4 Å². The minimum atomic E-state index is -1.18. The third-order valence-electron chi connectivity index (χ3n) is 6.79. The van der Waals surface area contributed by atoms with Crippen molar-refractivity contribution in [3.05, 3.63) is 60.1 Å². The van der Waals surface area contributed by atoms with Crippen LogP contribution in [0.5, 0.6) is 17.2 Å². The van der Waals surface area contributed by atoms with Gasteiger partial charge in [-0.25, -0.2) is 14.2 Å². The lowest BCUT2D eigenvalue weighted by Gasteiger charge is -2.34. The number of nitrogens with zero attached hydrogens (tertiary/aromatic N) is 4. The van der Waals surface area contributed by atoms with Gasteiger partial charge in [-0.15, -0.1) is 0 Å². The fourth-order valence-corrected chi connectivity index (χ4v) is 4.64. The Morgan fingerprint density at radius 2 is 1.97 bits per heavy atom. The number of piperazine rings is 1. The number of anilines is 1. The number of ether oxygens (including phenoxy) is 3. The van der Waals surface area contributed by atoms with E-state index in [1.54, 1.807) is 29.2 Å². The number of fused-ring (bicyclic) bond motifs is 1. The molecule has 5 rings (SSSR count). The van der Waals surface area contributed by atoms with Gasteiger partial charge in [0.05, 0.1) is 6.61 Å². The van der Waals surface area contributed by atoms with E-state index < -0.39 is 18.1 Å². The van der Waals surface area contributed by atoms with Crippen LogP contribution >= 0.6 is 0 Å². The standard InChI is InChI=1S/C27H33FN6O5/c1-32-10-12-33(13-11-32)9-2-14-37-22-6-4-20(16-21(22)28)30-26-29-8-7-25(31-27(35)36)34(26)17-19-3-5-23-24(15-19)39-18-38-23/h3-8,15-16,25,31H,2,9-14,17-18H2,1H3,(H,29,30)(H,35,36). The van der Waals surface area contributed by atoms with Crippen LogP contribution in [0, 0.1) is 5.82 Å². The monoisotopic (exact) mass is 540 g/mol. The smallest absolute Gasteiger partial charge is 0.406 e. The van der Waals surface area contributed by atoms with Gasteiger partial charge in [0.1, 0.15) is 6.17 Å². The van der Waals surface area contributed by atoms with Crippen molar-refractivity contribution in [3.63, 3.8) is 0 Å². The number of nitrogens with one attached hydrogen (secondary N) is 2. The molecule has 0 radical (unpaired) electrons. The first-order valence-electron chi connectivity index (χ1n) is 12.9. The fourth-order valence-electron chi connectivity index (χ4n) is 4.64. The first-order valence-corrected chi connectivity index (χ1v) is 12.9. The van der Waals surface area contributed by atoms with Crippen LogP contribution in [0.1, 0.15) is 12.0 Å². The molecule has 1 saturated heterocycles. The molecular weight excluding hydrogens is 507 g/mol. The summed E-state index contributed by atoms with van der Waals surface area (Å²) in [5.41, 5.74) is 1.31. The zero-order valence-corrected chi connectivity index (χ0v) is 21.8. The van der Waals surface area contributed by atoms with E-state index in [0.29, 0.717) is 36.3 Å². The summed E-state index contributed by atoms with van der Waals surface area (Å²) in [7, 11) is 2.13. The fraction of sp³-hybridized carbons (Fsp3) is 0.407. The maximum atomic E-state index is 14.9. The van der Waals surface area contributed by atoms with Gasteiger partial charge in [-0.1, -0.05) is 6.07 Å². The van der Waals surface area contributed by atoms with Gasteiger partial charge < -0.3 is 39.3 Å². The maximum Gasteiger partial charge on any atom is 0.406 e. The summed E-state index contributed by atoms with van der Waals surface area (Å²) in [6, 6.07) is 10.2. The number of carboxylic acid groups (broad SMARTS) is 1. The van der Waals surface area contributed by atoms with E-state index in [1.807, 2.05) is 12.1 Å². The van der Waals surface area contributed by atoms with Crippen LogP contribution in [0.25, 0.3) is 0 Å². The van der Waals surface area contributed by atoms with E-state index >= 15 is 0 Å². The third kappa shape index (κ3) is 6.89. The molecule has 11 nitrogen and oxygen atoms in total. The molecule has 39 heavy (non-hydrogen) atoms. The zero-order valence-electron chi connectivity index (χ0n) is 21.8. The molecule has 12 heteroatoms. The Balaban J connectivity index is 1.21. The summed E-state index contributed by atoms with van der Waals surface area (Å²) in [6.07, 6.45) is 2.08. The van der Waals surface area contributed by atoms with E-state index in [-0.39, 0.29) is 12.5 Å². The number of hydrogen-bond acceptors (Lipinski definition) is 9. The highest BCUT2D eigenvalue weighted by Gasteiger charge is 2.26. The van der Waals surface area contributed by atoms with Crippen molar-refractivity contribution in [2.75, 3.05) is 58.5 Å². The molecule has 208 valence electrons. The van der Waals surface area contributed by atoms with Crippen molar-refractivity contribution in [2.45, 2.75) is 19.1 Å². The largest absolute Gasteiger partial charge is 0.490 e. The summed E-state index contributed by atoms with van der Waals surface area (Å²) in [5.74, 6) is 1.33. The van der Waals surface area contributed by atoms with Crippen molar-refractivity contribution in [3.8, 4) is 17.2 Å². The number of benzene rings is 2. The van der Waals surface area contributed by atoms with Gasteiger partial charge in [0.2, 0.25) is 12.8 Å². The Bertz CT molecular complexity index is 1230. The number of carbonyl (C=O) groups is 1. The van der Waals surface area contributed by atoms with Crippen molar-refractivity contribution in [1.29, 1.82) is 0 Å². The van der Waals surface area contributed by atoms with Gasteiger partial charge in [0, 0.05) is 57.2 Å². The zero-order chi connectivity index (χ0) is 27.2. The van der Waals surface area contributed by atoms with Crippen LogP contribution in [0.2, 0.25) is 0 Å². The van der Waals surface area contributed by atoms with Crippen molar-refractivity contribution in [2.24, 2.45) is 4.99 Å². The van der Waals surface area contributed by atoms with Gasteiger partial charge in [-0.3, -0.25) is 5.32 Å². The van der Waals surface area contributed by atoms with E-state index in [4.69, 9.17) is 14.2 Å². The van der Waals surface area contributed by atoms with Gasteiger partial charge in [-0.2, -0.15) is 0 Å². The van der Waals surface area contributed by atoms with E-state index in [2.05, 4.69) is 32.5 Å². The molecule has 3 N–H and O–H groups in total. The van der Waals surface area contributed by atoms with E-state index in [1.165, 1.54) is 12.3 Å². The minimum absolute atomic E-state index is 0.157. The molecule has 2 aromatic rings. The highest BCUT2D eigenvalue weighted by Crippen LogP contribution is 2.33. The van der Waals surface area contributed by atoms with Crippen molar-refractivity contribution >= 4 is 17.7 Å². The predicted octanol–water partition coefficient (Wildman–Crippen LogP) is 2.96. The molecule has 3 aliphatic rings. The van der Waals surface area contributed by atoms with E-state index in [9.17, 15) is 14.3 Å². The maximum absolute atomic E-state index is 14.9. The number of hydrogen-bond donors (Lipinski definition) is 3. The summed E-state index contributed by atoms with van der Waals surface area (Å²) >= 11 is 0. The Morgan fingerprint density at radius 3 is 2.77 bits per heavy atom. The second kappa shape index (κ2) is 12.2. The lowest BCUT2D eigenvalue weighted by atomic mass is 10.1. The minimum Gasteiger partial charge on any atom is -0.490 e. The molecule has 1 unspecified atom stereocenters. The molecular formula is C27H33FN6O5. The molecule has 0 aromatic heterocycles. The first kappa shape index (κ1) is 26.6. The molecule has 0 aliphatic carbocycles. The highest BCUT2D eigenvalue weighted by atomic mass is 19.1. The number of aliphatic imine (C=N–C) groups is 1.